The predicted octanol–water partition coefficient (Wildman–Crippen LogP) is 4.85. The van der Waals surface area contributed by atoms with Crippen LogP contribution in [0.15, 0.2) is 82.8 Å². The fourth-order valence-corrected chi connectivity index (χ4v) is 5.42. The molecule has 1 saturated heterocycles. The Labute approximate surface area is 222 Å². The first-order valence-corrected chi connectivity index (χ1v) is 14.0. The molecule has 0 aliphatic carbocycles. The highest BCUT2D eigenvalue weighted by atomic mass is 32.2. The number of nitrogens with one attached hydrogen (secondary N) is 1. The molecule has 0 atom stereocenters. The number of carbonyl (C=O) groups is 1. The van der Waals surface area contributed by atoms with Gasteiger partial charge in [0.05, 0.1) is 22.4 Å². The number of ether oxygens (including phenoxy) is 1. The van der Waals surface area contributed by atoms with E-state index in [1.54, 1.807) is 43.3 Å². The van der Waals surface area contributed by atoms with Gasteiger partial charge in [-0.1, -0.05) is 23.8 Å². The highest BCUT2D eigenvalue weighted by Crippen LogP contribution is 2.33. The van der Waals surface area contributed by atoms with Gasteiger partial charge in [0.2, 0.25) is 0 Å². The number of hydrogen-bond acceptors (Lipinski definition) is 6. The third-order valence-corrected chi connectivity index (χ3v) is 8.55. The first kappa shape index (κ1) is 27.5. The van der Waals surface area contributed by atoms with Gasteiger partial charge in [-0.2, -0.15) is 30.0 Å². The highest BCUT2D eigenvalue weighted by Gasteiger charge is 2.33. The fraction of sp³-hybridized carbons (Fsp3) is 0.231. The van der Waals surface area contributed by atoms with Crippen molar-refractivity contribution < 1.29 is 31.1 Å². The second-order valence-corrected chi connectivity index (χ2v) is 11.4. The molecule has 4 rings (SSSR count). The van der Waals surface area contributed by atoms with E-state index >= 15 is 0 Å². The summed E-state index contributed by atoms with van der Waals surface area (Å²) in [5.41, 5.74) is 2.35. The van der Waals surface area contributed by atoms with Gasteiger partial charge in [0.1, 0.15) is 18.4 Å². The molecule has 0 spiro atoms. The molecule has 0 unspecified atom stereocenters. The summed E-state index contributed by atoms with van der Waals surface area (Å²) >= 11 is 1.81. The van der Waals surface area contributed by atoms with Crippen LogP contribution in [0.25, 0.3) is 0 Å². The number of rotatable bonds is 9. The molecular formula is C26H24F3N3O4S2. The predicted molar refractivity (Wildman–Crippen MR) is 141 cm³/mol. The van der Waals surface area contributed by atoms with Gasteiger partial charge in [0.15, 0.2) is 0 Å². The molecule has 0 radical (unpaired) electrons. The molecule has 1 amide bonds. The number of alkyl halides is 3. The van der Waals surface area contributed by atoms with Gasteiger partial charge in [-0.05, 0) is 67.1 Å². The maximum absolute atomic E-state index is 13.4. The van der Waals surface area contributed by atoms with Crippen LogP contribution in [0.1, 0.15) is 16.7 Å². The first-order chi connectivity index (χ1) is 18.0. The second-order valence-electron chi connectivity index (χ2n) is 8.51. The number of thioether (sulfide) groups is 1. The molecule has 12 heteroatoms. The molecule has 3 aromatic carbocycles. The van der Waals surface area contributed by atoms with Crippen LogP contribution in [-0.4, -0.2) is 44.7 Å². The Morgan fingerprint density at radius 1 is 1.11 bits per heavy atom. The van der Waals surface area contributed by atoms with Crippen LogP contribution >= 0.6 is 11.8 Å². The van der Waals surface area contributed by atoms with E-state index < -0.39 is 34.2 Å². The largest absolute Gasteiger partial charge is 0.489 e. The van der Waals surface area contributed by atoms with E-state index in [1.165, 1.54) is 24.4 Å². The van der Waals surface area contributed by atoms with Gasteiger partial charge < -0.3 is 4.74 Å². The summed E-state index contributed by atoms with van der Waals surface area (Å²) in [7, 11) is -4.38. The number of amides is 1. The Balaban J connectivity index is 1.51. The molecule has 1 aliphatic heterocycles. The van der Waals surface area contributed by atoms with Crippen molar-refractivity contribution in [2.75, 3.05) is 22.4 Å². The average molecular weight is 564 g/mol. The van der Waals surface area contributed by atoms with E-state index in [1.807, 2.05) is 11.8 Å². The normalized spacial score (nSPS) is 14.2. The van der Waals surface area contributed by atoms with E-state index in [0.29, 0.717) is 15.9 Å². The molecular weight excluding hydrogens is 539 g/mol. The smallest absolute Gasteiger partial charge is 0.416 e. The molecule has 7 nitrogen and oxygen atoms in total. The molecule has 1 N–H and O–H groups in total. The molecule has 1 fully saturated rings. The lowest BCUT2D eigenvalue weighted by Gasteiger charge is -2.25. The SMILES string of the molecule is Cc1ccc(S(=O)(=O)N(CC(=O)N/N=C\c2ccc(OC3CSC3)cc2)c2cccc(C(F)(F)F)c2)cc1. The Bertz CT molecular complexity index is 1410. The van der Waals surface area contributed by atoms with Crippen molar-refractivity contribution >= 4 is 39.6 Å². The zero-order valence-electron chi connectivity index (χ0n) is 20.2. The van der Waals surface area contributed by atoms with Crippen molar-refractivity contribution in [3.8, 4) is 5.75 Å². The van der Waals surface area contributed by atoms with Crippen molar-refractivity contribution in [3.05, 3.63) is 89.5 Å². The number of hydrogen-bond donors (Lipinski definition) is 1. The van der Waals surface area contributed by atoms with Crippen molar-refractivity contribution in [1.82, 2.24) is 5.43 Å². The minimum atomic E-state index is -4.70. The number of aryl methyl sites for hydroxylation is 1. The number of sulfonamides is 1. The topological polar surface area (TPSA) is 88.1 Å². The average Bonchev–Trinajstić information content (AvgIpc) is 2.85. The Hall–Kier alpha value is -3.51. The number of hydrazone groups is 1. The lowest BCUT2D eigenvalue weighted by molar-refractivity contribution is -0.137. The Morgan fingerprint density at radius 2 is 1.79 bits per heavy atom. The first-order valence-electron chi connectivity index (χ1n) is 11.5. The molecule has 1 aliphatic rings. The van der Waals surface area contributed by atoms with Crippen LogP contribution in [0.2, 0.25) is 0 Å². The van der Waals surface area contributed by atoms with E-state index in [0.717, 1.165) is 35.0 Å². The lowest BCUT2D eigenvalue weighted by Crippen LogP contribution is -2.39. The molecule has 0 aromatic heterocycles. The van der Waals surface area contributed by atoms with Crippen molar-refractivity contribution in [1.29, 1.82) is 0 Å². The summed E-state index contributed by atoms with van der Waals surface area (Å²) in [5.74, 6) is 1.78. The summed E-state index contributed by atoms with van der Waals surface area (Å²) in [6, 6.07) is 16.6. The van der Waals surface area contributed by atoms with Gasteiger partial charge in [0, 0.05) is 11.5 Å². The van der Waals surface area contributed by atoms with Gasteiger partial charge in [-0.3, -0.25) is 9.10 Å². The molecule has 0 saturated carbocycles. The number of nitrogens with zero attached hydrogens (tertiary/aromatic N) is 2. The molecule has 0 bridgehead atoms. The van der Waals surface area contributed by atoms with Crippen LogP contribution in [0.3, 0.4) is 0 Å². The summed E-state index contributed by atoms with van der Waals surface area (Å²) in [4.78, 5) is 12.5. The van der Waals surface area contributed by atoms with Crippen molar-refractivity contribution in [3.63, 3.8) is 0 Å². The van der Waals surface area contributed by atoms with Gasteiger partial charge >= 0.3 is 6.18 Å². The molecule has 1 heterocycles. The third-order valence-electron chi connectivity index (χ3n) is 5.55. The van der Waals surface area contributed by atoms with Gasteiger partial charge in [-0.25, -0.2) is 13.8 Å². The highest BCUT2D eigenvalue weighted by molar-refractivity contribution is 8.00. The summed E-state index contributed by atoms with van der Waals surface area (Å²) in [6.07, 6.45) is -3.13. The minimum Gasteiger partial charge on any atom is -0.489 e. The zero-order valence-corrected chi connectivity index (χ0v) is 21.8. The summed E-state index contributed by atoms with van der Waals surface area (Å²) < 4.78 is 73.1. The van der Waals surface area contributed by atoms with Crippen LogP contribution < -0.4 is 14.5 Å². The quantitative estimate of drug-likeness (QED) is 0.297. The number of carbonyl (C=O) groups excluding carboxylic acids is 1. The summed E-state index contributed by atoms with van der Waals surface area (Å²) in [5, 5.41) is 3.86. The van der Waals surface area contributed by atoms with Gasteiger partial charge in [-0.15, -0.1) is 0 Å². The van der Waals surface area contributed by atoms with E-state index in [4.69, 9.17) is 4.74 Å². The number of anilines is 1. The molecule has 3 aromatic rings. The van der Waals surface area contributed by atoms with Crippen molar-refractivity contribution in [2.24, 2.45) is 5.10 Å². The van der Waals surface area contributed by atoms with E-state index in [2.05, 4.69) is 10.5 Å². The van der Waals surface area contributed by atoms with Crippen molar-refractivity contribution in [2.45, 2.75) is 24.1 Å². The van der Waals surface area contributed by atoms with Crippen LogP contribution in [0.5, 0.6) is 5.75 Å². The third kappa shape index (κ3) is 6.87. The standard InChI is InChI=1S/C26H24F3N3O4S2/c1-18-5-11-24(12-6-18)38(34,35)32(21-4-2-3-20(13-21)26(27,28)29)15-25(33)31-30-14-19-7-9-22(10-8-19)36-23-16-37-17-23/h2-14,23H,15-17H2,1H3,(H,31,33)/b30-14-. The molecule has 200 valence electrons. The van der Waals surface area contributed by atoms with E-state index in [-0.39, 0.29) is 16.7 Å². The Kier molecular flexibility index (Phi) is 8.32. The number of halogens is 3. The zero-order chi connectivity index (χ0) is 27.3. The van der Waals surface area contributed by atoms with Gasteiger partial charge in [0.25, 0.3) is 15.9 Å². The fourth-order valence-electron chi connectivity index (χ4n) is 3.44. The van der Waals surface area contributed by atoms with Crippen LogP contribution in [0, 0.1) is 6.92 Å². The monoisotopic (exact) mass is 563 g/mol. The maximum atomic E-state index is 13.4. The number of benzene rings is 3. The lowest BCUT2D eigenvalue weighted by atomic mass is 10.2. The maximum Gasteiger partial charge on any atom is 0.416 e. The summed E-state index contributed by atoms with van der Waals surface area (Å²) in [6.45, 7) is 0.974. The van der Waals surface area contributed by atoms with Crippen LogP contribution in [0.4, 0.5) is 18.9 Å². The Morgan fingerprint density at radius 3 is 2.39 bits per heavy atom. The molecule has 38 heavy (non-hydrogen) atoms. The second kappa shape index (κ2) is 11.5. The van der Waals surface area contributed by atoms with Crippen LogP contribution in [-0.2, 0) is 21.0 Å². The minimum absolute atomic E-state index is 0.167. The van der Waals surface area contributed by atoms with E-state index in [9.17, 15) is 26.4 Å².